The van der Waals surface area contributed by atoms with Crippen LogP contribution in [0.25, 0.3) is 0 Å². The fourth-order valence-electron chi connectivity index (χ4n) is 3.03. The Bertz CT molecular complexity index is 932. The van der Waals surface area contributed by atoms with Crippen molar-refractivity contribution < 1.29 is 23.9 Å². The van der Waals surface area contributed by atoms with Crippen LogP contribution < -0.4 is 10.6 Å². The second-order valence-corrected chi connectivity index (χ2v) is 8.46. The Morgan fingerprint density at radius 1 is 0.969 bits per heavy atom. The van der Waals surface area contributed by atoms with Crippen LogP contribution in [0.3, 0.4) is 0 Å². The van der Waals surface area contributed by atoms with Gasteiger partial charge in [-0.25, -0.2) is 9.59 Å². The van der Waals surface area contributed by atoms with Crippen LogP contribution in [-0.2, 0) is 20.9 Å². The zero-order valence-electron chi connectivity index (χ0n) is 19.4. The van der Waals surface area contributed by atoms with E-state index in [9.17, 15) is 14.4 Å². The molecule has 0 radical (unpaired) electrons. The molecule has 2 N–H and O–H groups in total. The van der Waals surface area contributed by atoms with Crippen LogP contribution in [0.15, 0.2) is 48.5 Å². The van der Waals surface area contributed by atoms with Crippen LogP contribution in [0, 0.1) is 6.92 Å². The Morgan fingerprint density at radius 3 is 2.22 bits per heavy atom. The number of ether oxygens (including phenoxy) is 2. The van der Waals surface area contributed by atoms with Gasteiger partial charge in [0.25, 0.3) is 0 Å². The van der Waals surface area contributed by atoms with E-state index in [1.165, 1.54) is 0 Å². The van der Waals surface area contributed by atoms with Crippen molar-refractivity contribution >= 4 is 18.0 Å². The number of carbonyl (C=O) groups is 3. The molecule has 0 spiro atoms. The molecule has 7 nitrogen and oxygen atoms in total. The minimum absolute atomic E-state index is 0.0996. The lowest BCUT2D eigenvalue weighted by Gasteiger charge is -2.22. The van der Waals surface area contributed by atoms with E-state index in [0.717, 1.165) is 16.7 Å². The summed E-state index contributed by atoms with van der Waals surface area (Å²) in [6.45, 7) is 9.72. The van der Waals surface area contributed by atoms with Gasteiger partial charge in [0, 0.05) is 13.1 Å². The number of alkyl carbamates (subject to hydrolysis) is 1. The highest BCUT2D eigenvalue weighted by molar-refractivity contribution is 5.91. The van der Waals surface area contributed by atoms with Gasteiger partial charge in [0.05, 0.1) is 11.5 Å². The third kappa shape index (κ3) is 7.72. The molecule has 0 aliphatic rings. The zero-order valence-corrected chi connectivity index (χ0v) is 19.4. The van der Waals surface area contributed by atoms with Gasteiger partial charge in [-0.15, -0.1) is 0 Å². The summed E-state index contributed by atoms with van der Waals surface area (Å²) in [6, 6.07) is 14.5. The van der Waals surface area contributed by atoms with Crippen molar-refractivity contribution in [2.75, 3.05) is 13.1 Å². The molecule has 0 bridgehead atoms. The number of likely N-dealkylation sites (N-methyl/N-ethyl adjacent to an activating group) is 1. The number of nitrogens with one attached hydrogen (secondary N) is 2. The summed E-state index contributed by atoms with van der Waals surface area (Å²) in [5.41, 5.74) is 2.30. The lowest BCUT2D eigenvalue weighted by molar-refractivity contribution is -0.122. The highest BCUT2D eigenvalue weighted by atomic mass is 16.6. The summed E-state index contributed by atoms with van der Waals surface area (Å²) in [6.07, 6.45) is -0.577. The van der Waals surface area contributed by atoms with Gasteiger partial charge in [0.15, 0.2) is 0 Å². The lowest BCUT2D eigenvalue weighted by Crippen LogP contribution is -2.39. The van der Waals surface area contributed by atoms with Gasteiger partial charge in [0.1, 0.15) is 12.2 Å². The molecule has 0 saturated carbocycles. The maximum atomic E-state index is 12.6. The van der Waals surface area contributed by atoms with Gasteiger partial charge in [-0.05, 0) is 57.4 Å². The molecule has 1 unspecified atom stereocenters. The maximum absolute atomic E-state index is 12.6. The van der Waals surface area contributed by atoms with Crippen molar-refractivity contribution in [3.8, 4) is 0 Å². The quantitative estimate of drug-likeness (QED) is 0.603. The number of benzene rings is 2. The van der Waals surface area contributed by atoms with E-state index >= 15 is 0 Å². The number of amides is 2. The second-order valence-electron chi connectivity index (χ2n) is 8.46. The molecule has 0 fully saturated rings. The van der Waals surface area contributed by atoms with Crippen molar-refractivity contribution in [3.63, 3.8) is 0 Å². The van der Waals surface area contributed by atoms with Crippen molar-refractivity contribution in [3.05, 3.63) is 70.8 Å². The zero-order chi connectivity index (χ0) is 23.7. The number of rotatable bonds is 8. The molecule has 0 saturated heterocycles. The third-order valence-corrected chi connectivity index (χ3v) is 4.63. The van der Waals surface area contributed by atoms with Crippen molar-refractivity contribution in [1.29, 1.82) is 0 Å². The van der Waals surface area contributed by atoms with Crippen LogP contribution in [-0.4, -0.2) is 36.7 Å². The number of aryl methyl sites for hydroxylation is 1. The van der Waals surface area contributed by atoms with E-state index < -0.39 is 17.6 Å². The molecule has 0 aromatic heterocycles. The van der Waals surface area contributed by atoms with Gasteiger partial charge in [-0.1, -0.05) is 42.5 Å². The summed E-state index contributed by atoms with van der Waals surface area (Å²) in [4.78, 5) is 36.9. The van der Waals surface area contributed by atoms with E-state index in [2.05, 4.69) is 10.6 Å². The first-order chi connectivity index (χ1) is 15.1. The van der Waals surface area contributed by atoms with E-state index in [1.807, 2.05) is 26.0 Å². The fraction of sp³-hybridized carbons (Fsp3) is 0.400. The smallest absolute Gasteiger partial charge is 0.407 e. The topological polar surface area (TPSA) is 93.7 Å². The number of carbonyl (C=O) groups excluding carboxylic acids is 3. The molecular formula is C25H32N2O5. The maximum Gasteiger partial charge on any atom is 0.407 e. The summed E-state index contributed by atoms with van der Waals surface area (Å²) in [5, 5.41) is 5.46. The molecule has 172 valence electrons. The Kier molecular flexibility index (Phi) is 8.81. The molecule has 0 aliphatic carbocycles. The molecule has 2 amide bonds. The summed E-state index contributed by atoms with van der Waals surface area (Å²) in [5.74, 6) is -1.15. The molecule has 0 aliphatic heterocycles. The van der Waals surface area contributed by atoms with Gasteiger partial charge in [0.2, 0.25) is 5.91 Å². The first-order valence-electron chi connectivity index (χ1n) is 10.7. The van der Waals surface area contributed by atoms with Crippen LogP contribution in [0.4, 0.5) is 4.79 Å². The number of hydrogen-bond acceptors (Lipinski definition) is 5. The van der Waals surface area contributed by atoms with Crippen molar-refractivity contribution in [2.24, 2.45) is 0 Å². The fourth-order valence-corrected chi connectivity index (χ4v) is 3.03. The predicted molar refractivity (Wildman–Crippen MR) is 122 cm³/mol. The highest BCUT2D eigenvalue weighted by Crippen LogP contribution is 2.18. The van der Waals surface area contributed by atoms with Gasteiger partial charge in [-0.3, -0.25) is 4.79 Å². The molecule has 1 atom stereocenters. The summed E-state index contributed by atoms with van der Waals surface area (Å²) < 4.78 is 10.7. The normalized spacial score (nSPS) is 11.9. The number of hydrogen-bond donors (Lipinski definition) is 2. The van der Waals surface area contributed by atoms with Gasteiger partial charge in [-0.2, -0.15) is 0 Å². The second kappa shape index (κ2) is 11.3. The van der Waals surface area contributed by atoms with E-state index in [4.69, 9.17) is 9.47 Å². The third-order valence-electron chi connectivity index (χ3n) is 4.63. The monoisotopic (exact) mass is 440 g/mol. The minimum Gasteiger partial charge on any atom is -0.457 e. The average molecular weight is 441 g/mol. The van der Waals surface area contributed by atoms with E-state index in [1.54, 1.807) is 57.2 Å². The molecule has 32 heavy (non-hydrogen) atoms. The lowest BCUT2D eigenvalue weighted by atomic mass is 9.97. The largest absolute Gasteiger partial charge is 0.457 e. The molecule has 0 heterocycles. The van der Waals surface area contributed by atoms with Crippen molar-refractivity contribution in [1.82, 2.24) is 10.6 Å². The van der Waals surface area contributed by atoms with Crippen LogP contribution in [0.1, 0.15) is 60.7 Å². The molecule has 2 aromatic carbocycles. The summed E-state index contributed by atoms with van der Waals surface area (Å²) >= 11 is 0. The average Bonchev–Trinajstić information content (AvgIpc) is 2.72. The van der Waals surface area contributed by atoms with Crippen LogP contribution in [0.5, 0.6) is 0 Å². The minimum atomic E-state index is -0.622. The Labute approximate surface area is 189 Å². The molecule has 7 heteroatoms. The first kappa shape index (κ1) is 24.9. The number of esters is 1. The van der Waals surface area contributed by atoms with Gasteiger partial charge < -0.3 is 20.1 Å². The predicted octanol–water partition coefficient (Wildman–Crippen LogP) is 4.10. The van der Waals surface area contributed by atoms with Crippen LogP contribution >= 0.6 is 0 Å². The SMILES string of the molecule is CCNC(=O)C(CNC(=O)OC(C)(C)C)c1ccc(COC(=O)c2ccccc2C)cc1. The molecule has 2 rings (SSSR count). The molecule has 2 aromatic rings. The Morgan fingerprint density at radius 2 is 1.62 bits per heavy atom. The van der Waals surface area contributed by atoms with Gasteiger partial charge >= 0.3 is 12.1 Å². The van der Waals surface area contributed by atoms with Crippen LogP contribution in [0.2, 0.25) is 0 Å². The van der Waals surface area contributed by atoms with E-state index in [0.29, 0.717) is 12.1 Å². The standard InChI is InChI=1S/C25H32N2O5/c1-6-26-22(28)21(15-27-24(30)32-25(3,4)5)19-13-11-18(12-14-19)16-31-23(29)20-10-8-7-9-17(20)2/h7-14,21H,6,15-16H2,1-5H3,(H,26,28)(H,27,30). The highest BCUT2D eigenvalue weighted by Gasteiger charge is 2.23. The Hall–Kier alpha value is -3.35. The summed E-state index contributed by atoms with van der Waals surface area (Å²) in [7, 11) is 0. The van der Waals surface area contributed by atoms with E-state index in [-0.39, 0.29) is 25.0 Å². The Balaban J connectivity index is 2.03. The molecular weight excluding hydrogens is 408 g/mol. The first-order valence-corrected chi connectivity index (χ1v) is 10.7. The van der Waals surface area contributed by atoms with Crippen molar-refractivity contribution in [2.45, 2.75) is 52.7 Å².